The molecular weight excluding hydrogens is 432 g/mol. The lowest BCUT2D eigenvalue weighted by atomic mass is 9.94. The van der Waals surface area contributed by atoms with Crippen molar-refractivity contribution in [1.82, 2.24) is 10.2 Å². The van der Waals surface area contributed by atoms with Crippen LogP contribution in [0.4, 0.5) is 0 Å². The van der Waals surface area contributed by atoms with E-state index < -0.39 is 6.10 Å². The summed E-state index contributed by atoms with van der Waals surface area (Å²) in [5, 5.41) is 12.7. The number of nitrogens with zero attached hydrogens (tertiary/aromatic N) is 1. The Bertz CT molecular complexity index is 969. The van der Waals surface area contributed by atoms with E-state index in [-0.39, 0.29) is 24.6 Å². The van der Waals surface area contributed by atoms with Crippen molar-refractivity contribution in [2.24, 2.45) is 0 Å². The number of piperidine rings is 1. The number of aliphatic hydroxyl groups is 1. The highest BCUT2D eigenvalue weighted by atomic mass is 16.5. The van der Waals surface area contributed by atoms with Crippen LogP contribution in [0.2, 0.25) is 0 Å². The number of hydrogen-bond donors (Lipinski definition) is 2. The molecule has 1 amide bonds. The molecule has 7 nitrogen and oxygen atoms in total. The molecule has 0 spiro atoms. The fourth-order valence-corrected chi connectivity index (χ4v) is 4.52. The number of ether oxygens (including phenoxy) is 3. The monoisotopic (exact) mass is 470 g/mol. The normalized spacial score (nSPS) is 18.1. The van der Waals surface area contributed by atoms with Gasteiger partial charge < -0.3 is 24.6 Å². The number of carbonyl (C=O) groups excluding carboxylic acids is 1. The Morgan fingerprint density at radius 3 is 2.41 bits per heavy atom. The van der Waals surface area contributed by atoms with Crippen molar-refractivity contribution >= 4 is 5.91 Å². The molecule has 186 valence electrons. The zero-order valence-corrected chi connectivity index (χ0v) is 21.2. The number of amides is 1. The summed E-state index contributed by atoms with van der Waals surface area (Å²) in [7, 11) is 3.15. The first-order valence-corrected chi connectivity index (χ1v) is 11.9. The SMILES string of the molecule is COc1cc(OC)cc(C(=O)N[C@@H]2CCCN(C(C)c3ccc(OC[C@@H](C)O)c(C)c3C)C2)c1. The van der Waals surface area contributed by atoms with Crippen molar-refractivity contribution in [2.45, 2.75) is 58.7 Å². The first-order chi connectivity index (χ1) is 16.2. The standard InChI is InChI=1S/C27H38N2O5/c1-17(30)16-34-26-10-9-25(18(2)19(26)3)20(4)29-11-7-8-22(15-29)28-27(31)21-12-23(32-5)14-24(13-21)33-6/h9-10,12-14,17,20,22,30H,7-8,11,15-16H2,1-6H3,(H,28,31)/t17-,20?,22-/m1/s1. The van der Waals surface area contributed by atoms with Crippen molar-refractivity contribution in [1.29, 1.82) is 0 Å². The van der Waals surface area contributed by atoms with E-state index in [1.807, 2.05) is 6.07 Å². The van der Waals surface area contributed by atoms with Gasteiger partial charge >= 0.3 is 0 Å². The highest BCUT2D eigenvalue weighted by Gasteiger charge is 2.27. The molecule has 2 aromatic carbocycles. The van der Waals surface area contributed by atoms with Crippen molar-refractivity contribution < 1.29 is 24.1 Å². The predicted octanol–water partition coefficient (Wildman–Crippen LogP) is 4.04. The molecule has 2 aromatic rings. The Kier molecular flexibility index (Phi) is 8.80. The van der Waals surface area contributed by atoms with Crippen molar-refractivity contribution in [3.63, 3.8) is 0 Å². The molecule has 1 fully saturated rings. The number of benzene rings is 2. The minimum absolute atomic E-state index is 0.0657. The van der Waals surface area contributed by atoms with Gasteiger partial charge in [-0.15, -0.1) is 0 Å². The molecule has 0 aromatic heterocycles. The third kappa shape index (κ3) is 6.21. The van der Waals surface area contributed by atoms with Crippen molar-refractivity contribution in [3.8, 4) is 17.2 Å². The second kappa shape index (κ2) is 11.6. The summed E-state index contributed by atoms with van der Waals surface area (Å²) in [6.45, 7) is 10.2. The van der Waals surface area contributed by atoms with Gasteiger partial charge in [0.25, 0.3) is 5.91 Å². The molecule has 1 aliphatic rings. The fraction of sp³-hybridized carbons (Fsp3) is 0.519. The minimum Gasteiger partial charge on any atom is -0.497 e. The van der Waals surface area contributed by atoms with E-state index in [1.54, 1.807) is 39.3 Å². The van der Waals surface area contributed by atoms with Gasteiger partial charge in [0.15, 0.2) is 0 Å². The van der Waals surface area contributed by atoms with Crippen LogP contribution < -0.4 is 19.5 Å². The Balaban J connectivity index is 1.69. The first kappa shape index (κ1) is 25.8. The highest BCUT2D eigenvalue weighted by Crippen LogP contribution is 2.32. The molecule has 1 saturated heterocycles. The third-order valence-electron chi connectivity index (χ3n) is 6.66. The summed E-state index contributed by atoms with van der Waals surface area (Å²) in [5.41, 5.74) is 4.08. The van der Waals surface area contributed by atoms with Crippen LogP contribution in [-0.4, -0.2) is 62.0 Å². The summed E-state index contributed by atoms with van der Waals surface area (Å²) >= 11 is 0. The fourth-order valence-electron chi connectivity index (χ4n) is 4.52. The third-order valence-corrected chi connectivity index (χ3v) is 6.66. The van der Waals surface area contributed by atoms with Gasteiger partial charge in [0, 0.05) is 30.3 Å². The van der Waals surface area contributed by atoms with Crippen LogP contribution in [0.3, 0.4) is 0 Å². The molecule has 3 rings (SSSR count). The molecule has 34 heavy (non-hydrogen) atoms. The Morgan fingerprint density at radius 2 is 1.79 bits per heavy atom. The van der Waals surface area contributed by atoms with Gasteiger partial charge in [-0.1, -0.05) is 6.07 Å². The molecular formula is C27H38N2O5. The predicted molar refractivity (Wildman–Crippen MR) is 133 cm³/mol. The molecule has 0 aliphatic carbocycles. The lowest BCUT2D eigenvalue weighted by Gasteiger charge is -2.38. The largest absolute Gasteiger partial charge is 0.497 e. The Hall–Kier alpha value is -2.77. The molecule has 0 saturated carbocycles. The number of methoxy groups -OCH3 is 2. The van der Waals surface area contributed by atoms with Gasteiger partial charge in [0.1, 0.15) is 23.9 Å². The molecule has 1 aliphatic heterocycles. The van der Waals surface area contributed by atoms with E-state index in [0.717, 1.165) is 37.2 Å². The maximum atomic E-state index is 13.0. The van der Waals surface area contributed by atoms with Gasteiger partial charge in [-0.25, -0.2) is 0 Å². The summed E-state index contributed by atoms with van der Waals surface area (Å²) < 4.78 is 16.4. The van der Waals surface area contributed by atoms with Crippen molar-refractivity contribution in [2.75, 3.05) is 33.9 Å². The maximum absolute atomic E-state index is 13.0. The lowest BCUT2D eigenvalue weighted by molar-refractivity contribution is 0.0879. The van der Waals surface area contributed by atoms with Crippen LogP contribution in [0.5, 0.6) is 17.2 Å². The minimum atomic E-state index is -0.503. The zero-order valence-electron chi connectivity index (χ0n) is 21.2. The van der Waals surface area contributed by atoms with E-state index in [0.29, 0.717) is 17.1 Å². The number of likely N-dealkylation sites (tertiary alicyclic amines) is 1. The van der Waals surface area contributed by atoms with E-state index in [9.17, 15) is 9.90 Å². The number of carbonyl (C=O) groups is 1. The summed E-state index contributed by atoms with van der Waals surface area (Å²) in [6, 6.07) is 9.61. The second-order valence-electron chi connectivity index (χ2n) is 9.15. The van der Waals surface area contributed by atoms with E-state index in [1.165, 1.54) is 11.1 Å². The van der Waals surface area contributed by atoms with E-state index in [2.05, 4.69) is 37.1 Å². The number of rotatable bonds is 9. The first-order valence-electron chi connectivity index (χ1n) is 11.9. The average molecular weight is 471 g/mol. The van der Waals surface area contributed by atoms with Gasteiger partial charge in [-0.3, -0.25) is 9.69 Å². The Morgan fingerprint density at radius 1 is 1.12 bits per heavy atom. The molecule has 1 unspecified atom stereocenters. The lowest BCUT2D eigenvalue weighted by Crippen LogP contribution is -2.48. The summed E-state index contributed by atoms with van der Waals surface area (Å²) in [6.07, 6.45) is 1.46. The van der Waals surface area contributed by atoms with Crippen LogP contribution in [0.15, 0.2) is 30.3 Å². The van der Waals surface area contributed by atoms with Gasteiger partial charge in [-0.05, 0) is 82.0 Å². The van der Waals surface area contributed by atoms with Crippen LogP contribution in [0.1, 0.15) is 59.8 Å². The molecule has 3 atom stereocenters. The van der Waals surface area contributed by atoms with E-state index in [4.69, 9.17) is 14.2 Å². The highest BCUT2D eigenvalue weighted by molar-refractivity contribution is 5.95. The average Bonchev–Trinajstić information content (AvgIpc) is 2.84. The number of hydrogen-bond acceptors (Lipinski definition) is 6. The maximum Gasteiger partial charge on any atom is 0.251 e. The van der Waals surface area contributed by atoms with Gasteiger partial charge in [0.05, 0.1) is 20.3 Å². The molecule has 0 radical (unpaired) electrons. The number of nitrogens with one attached hydrogen (secondary N) is 1. The Labute approximate surface area is 203 Å². The van der Waals surface area contributed by atoms with Gasteiger partial charge in [0.2, 0.25) is 0 Å². The molecule has 1 heterocycles. The van der Waals surface area contributed by atoms with Crippen LogP contribution >= 0.6 is 0 Å². The van der Waals surface area contributed by atoms with Crippen LogP contribution in [0.25, 0.3) is 0 Å². The van der Waals surface area contributed by atoms with Crippen LogP contribution in [0, 0.1) is 13.8 Å². The van der Waals surface area contributed by atoms with Crippen LogP contribution in [-0.2, 0) is 0 Å². The number of aliphatic hydroxyl groups excluding tert-OH is 1. The van der Waals surface area contributed by atoms with Crippen molar-refractivity contribution in [3.05, 3.63) is 52.6 Å². The van der Waals surface area contributed by atoms with Gasteiger partial charge in [-0.2, -0.15) is 0 Å². The quantitative estimate of drug-likeness (QED) is 0.576. The topological polar surface area (TPSA) is 80.3 Å². The van der Waals surface area contributed by atoms with E-state index >= 15 is 0 Å². The molecule has 2 N–H and O–H groups in total. The summed E-state index contributed by atoms with van der Waals surface area (Å²) in [5.74, 6) is 1.88. The summed E-state index contributed by atoms with van der Waals surface area (Å²) in [4.78, 5) is 15.4. The molecule has 0 bridgehead atoms. The smallest absolute Gasteiger partial charge is 0.251 e. The molecule has 7 heteroatoms. The second-order valence-corrected chi connectivity index (χ2v) is 9.15. The zero-order chi connectivity index (χ0) is 24.8.